The predicted molar refractivity (Wildman–Crippen MR) is 109 cm³/mol. The monoisotopic (exact) mass is 417 g/mol. The lowest BCUT2D eigenvalue weighted by atomic mass is 9.61. The topological polar surface area (TPSA) is 97.8 Å². The zero-order chi connectivity index (χ0) is 20.8. The Bertz CT molecular complexity index is 688. The summed E-state index contributed by atoms with van der Waals surface area (Å²) >= 11 is 0. The molecule has 7 nitrogen and oxygen atoms in total. The maximum atomic E-state index is 11.9. The lowest BCUT2D eigenvalue weighted by Gasteiger charge is -2.57. The molecule has 166 valence electrons. The van der Waals surface area contributed by atoms with Gasteiger partial charge in [0.15, 0.2) is 0 Å². The van der Waals surface area contributed by atoms with Crippen molar-refractivity contribution >= 4 is 5.97 Å². The largest absolute Gasteiger partial charge is 0.469 e. The van der Waals surface area contributed by atoms with Crippen LogP contribution < -0.4 is 5.73 Å². The van der Waals surface area contributed by atoms with Crippen LogP contribution in [0.3, 0.4) is 0 Å². The second kappa shape index (κ2) is 8.38. The van der Waals surface area contributed by atoms with E-state index in [1.165, 1.54) is 7.11 Å². The number of nitrogens with two attached hydrogens (primary N) is 1. The van der Waals surface area contributed by atoms with E-state index in [0.29, 0.717) is 36.5 Å². The Balaban J connectivity index is 1.32. The smallest absolute Gasteiger partial charge is 0.308 e. The number of methoxy groups -OCH3 is 1. The average Bonchev–Trinajstić information content (AvgIpc) is 3.24. The fourth-order valence-electron chi connectivity index (χ4n) is 7.50. The molecule has 3 heterocycles. The average molecular weight is 418 g/mol. The lowest BCUT2D eigenvalue weighted by Crippen LogP contribution is -2.65. The van der Waals surface area contributed by atoms with E-state index in [2.05, 4.69) is 11.0 Å². The fourth-order valence-corrected chi connectivity index (χ4v) is 7.50. The highest BCUT2D eigenvalue weighted by atomic mass is 16.7. The molecule has 30 heavy (non-hydrogen) atoms. The van der Waals surface area contributed by atoms with E-state index in [1.54, 1.807) is 0 Å². The summed E-state index contributed by atoms with van der Waals surface area (Å²) in [5.41, 5.74) is 6.74. The summed E-state index contributed by atoms with van der Waals surface area (Å²) in [6.07, 6.45) is 8.41. The zero-order valence-electron chi connectivity index (χ0n) is 17.9. The summed E-state index contributed by atoms with van der Waals surface area (Å²) in [5, 5.41) is 10.0. The second-order valence-corrected chi connectivity index (χ2v) is 10.2. The van der Waals surface area contributed by atoms with Crippen LogP contribution in [-0.4, -0.2) is 55.7 Å². The molecular weight excluding hydrogens is 382 g/mol. The number of esters is 1. The van der Waals surface area contributed by atoms with E-state index >= 15 is 0 Å². The van der Waals surface area contributed by atoms with Gasteiger partial charge in [-0.1, -0.05) is 0 Å². The van der Waals surface area contributed by atoms with E-state index in [0.717, 1.165) is 57.9 Å². The molecule has 8 atom stereocenters. The summed E-state index contributed by atoms with van der Waals surface area (Å²) in [6, 6.07) is 3.03. The SMILES string of the molecule is COC(=O)C1CCC(C2CC3C4CC5OCOC5CC4CCN3C(N)C2C#N)CC1. The van der Waals surface area contributed by atoms with E-state index in [1.807, 2.05) is 0 Å². The molecule has 0 aromatic heterocycles. The summed E-state index contributed by atoms with van der Waals surface area (Å²) in [5.74, 6) is 1.88. The van der Waals surface area contributed by atoms with Crippen molar-refractivity contribution in [2.75, 3.05) is 20.4 Å². The van der Waals surface area contributed by atoms with Crippen LogP contribution in [0.1, 0.15) is 51.4 Å². The Morgan fingerprint density at radius 1 is 1.03 bits per heavy atom. The van der Waals surface area contributed by atoms with Crippen LogP contribution >= 0.6 is 0 Å². The predicted octanol–water partition coefficient (Wildman–Crippen LogP) is 2.25. The van der Waals surface area contributed by atoms with E-state index in [-0.39, 0.29) is 36.2 Å². The second-order valence-electron chi connectivity index (χ2n) is 10.2. The maximum Gasteiger partial charge on any atom is 0.308 e. The molecule has 2 saturated carbocycles. The Labute approximate surface area is 179 Å². The highest BCUT2D eigenvalue weighted by molar-refractivity contribution is 5.72. The van der Waals surface area contributed by atoms with Crippen molar-refractivity contribution < 1.29 is 19.0 Å². The molecule has 8 unspecified atom stereocenters. The molecular formula is C23H35N3O4. The number of ether oxygens (including phenoxy) is 3. The molecule has 7 heteroatoms. The third-order valence-electron chi connectivity index (χ3n) is 9.09. The third-order valence-corrected chi connectivity index (χ3v) is 9.09. The van der Waals surface area contributed by atoms with Crippen LogP contribution in [-0.2, 0) is 19.0 Å². The van der Waals surface area contributed by atoms with Crippen LogP contribution in [0, 0.1) is 46.8 Å². The number of carbonyl (C=O) groups is 1. The molecule has 0 radical (unpaired) electrons. The number of carbonyl (C=O) groups excluding carboxylic acids is 1. The van der Waals surface area contributed by atoms with Crippen molar-refractivity contribution in [1.29, 1.82) is 5.26 Å². The van der Waals surface area contributed by atoms with Gasteiger partial charge in [-0.15, -0.1) is 0 Å². The summed E-state index contributed by atoms with van der Waals surface area (Å²) in [6.45, 7) is 1.43. The summed E-state index contributed by atoms with van der Waals surface area (Å²) in [4.78, 5) is 14.4. The third kappa shape index (κ3) is 3.46. The molecule has 0 bridgehead atoms. The molecule has 0 aromatic carbocycles. The Morgan fingerprint density at radius 2 is 1.77 bits per heavy atom. The van der Waals surface area contributed by atoms with Crippen LogP contribution in [0.15, 0.2) is 0 Å². The van der Waals surface area contributed by atoms with Crippen molar-refractivity contribution in [3.8, 4) is 6.07 Å². The molecule has 3 aliphatic heterocycles. The van der Waals surface area contributed by atoms with Gasteiger partial charge in [-0.05, 0) is 75.0 Å². The van der Waals surface area contributed by atoms with Gasteiger partial charge in [0.25, 0.3) is 0 Å². The van der Waals surface area contributed by atoms with E-state index < -0.39 is 0 Å². The first-order chi connectivity index (χ1) is 14.6. The van der Waals surface area contributed by atoms with Gasteiger partial charge in [0.2, 0.25) is 0 Å². The molecule has 5 rings (SSSR count). The van der Waals surface area contributed by atoms with Crippen LogP contribution in [0.2, 0.25) is 0 Å². The highest BCUT2D eigenvalue weighted by Gasteiger charge is 2.53. The number of nitriles is 1. The minimum absolute atomic E-state index is 0.0226. The fraction of sp³-hybridized carbons (Fsp3) is 0.913. The summed E-state index contributed by atoms with van der Waals surface area (Å²) in [7, 11) is 1.47. The lowest BCUT2D eigenvalue weighted by molar-refractivity contribution is -0.147. The first-order valence-electron chi connectivity index (χ1n) is 11.8. The van der Waals surface area contributed by atoms with Crippen molar-refractivity contribution in [2.24, 2.45) is 41.2 Å². The molecule has 2 aliphatic carbocycles. The molecule has 0 aromatic rings. The van der Waals surface area contributed by atoms with Crippen LogP contribution in [0.4, 0.5) is 0 Å². The first-order valence-corrected chi connectivity index (χ1v) is 11.8. The minimum Gasteiger partial charge on any atom is -0.469 e. The van der Waals surface area contributed by atoms with Gasteiger partial charge in [-0.3, -0.25) is 9.69 Å². The zero-order valence-corrected chi connectivity index (χ0v) is 17.9. The van der Waals surface area contributed by atoms with E-state index in [4.69, 9.17) is 19.9 Å². The molecule has 2 N–H and O–H groups in total. The first kappa shape index (κ1) is 20.7. The minimum atomic E-state index is -0.184. The number of piperidine rings is 2. The van der Waals surface area contributed by atoms with Crippen LogP contribution in [0.5, 0.6) is 0 Å². The molecule has 5 aliphatic rings. The molecule has 0 spiro atoms. The Hall–Kier alpha value is -1.20. The van der Waals surface area contributed by atoms with Crippen molar-refractivity contribution in [2.45, 2.75) is 75.8 Å². The van der Waals surface area contributed by atoms with Crippen molar-refractivity contribution in [3.63, 3.8) is 0 Å². The van der Waals surface area contributed by atoms with Crippen molar-refractivity contribution in [3.05, 3.63) is 0 Å². The van der Waals surface area contributed by atoms with Gasteiger partial charge in [0, 0.05) is 12.6 Å². The van der Waals surface area contributed by atoms with Crippen molar-refractivity contribution in [1.82, 2.24) is 4.90 Å². The van der Waals surface area contributed by atoms with Gasteiger partial charge in [-0.25, -0.2) is 0 Å². The van der Waals surface area contributed by atoms with Gasteiger partial charge in [-0.2, -0.15) is 5.26 Å². The summed E-state index contributed by atoms with van der Waals surface area (Å²) < 4.78 is 16.6. The van der Waals surface area contributed by atoms with Gasteiger partial charge < -0.3 is 19.9 Å². The quantitative estimate of drug-likeness (QED) is 0.688. The maximum absolute atomic E-state index is 11.9. The van der Waals surface area contributed by atoms with Crippen LogP contribution in [0.25, 0.3) is 0 Å². The molecule has 5 fully saturated rings. The van der Waals surface area contributed by atoms with Gasteiger partial charge >= 0.3 is 5.97 Å². The number of rotatable bonds is 2. The standard InChI is InChI=1S/C23H35N3O4/c1-28-23(27)14-4-2-13(3-5-14)16-9-19-17-10-21-20(29-12-30-21)8-15(17)6-7-26(19)22(25)18(16)11-24/h13-22H,2-10,12,25H2,1H3. The van der Waals surface area contributed by atoms with Gasteiger partial charge in [0.05, 0.1) is 43.4 Å². The highest BCUT2D eigenvalue weighted by Crippen LogP contribution is 2.51. The number of hydrogen-bond donors (Lipinski definition) is 1. The van der Waals surface area contributed by atoms with Gasteiger partial charge in [0.1, 0.15) is 6.79 Å². The Morgan fingerprint density at radius 3 is 2.47 bits per heavy atom. The normalized spacial score (nSPS) is 48.7. The number of fused-ring (bicyclic) bond motifs is 4. The molecule has 0 amide bonds. The number of hydrogen-bond acceptors (Lipinski definition) is 7. The number of nitrogens with zero attached hydrogens (tertiary/aromatic N) is 2. The van der Waals surface area contributed by atoms with E-state index in [9.17, 15) is 10.1 Å². The molecule has 3 saturated heterocycles. The Kier molecular flexibility index (Phi) is 5.78.